The summed E-state index contributed by atoms with van der Waals surface area (Å²) in [6.45, 7) is 2.17. The highest BCUT2D eigenvalue weighted by Crippen LogP contribution is 2.45. The van der Waals surface area contributed by atoms with Gasteiger partial charge in [0.15, 0.2) is 0 Å². The van der Waals surface area contributed by atoms with Crippen molar-refractivity contribution in [1.29, 1.82) is 0 Å². The maximum absolute atomic E-state index is 12.4. The molecule has 3 aromatic rings. The largest absolute Gasteiger partial charge is 0.386 e. The van der Waals surface area contributed by atoms with Crippen molar-refractivity contribution in [3.8, 4) is 0 Å². The Kier molecular flexibility index (Phi) is 4.69. The minimum absolute atomic E-state index is 0.146. The van der Waals surface area contributed by atoms with E-state index in [0.717, 1.165) is 29.8 Å². The summed E-state index contributed by atoms with van der Waals surface area (Å²) in [5.74, 6) is 1.16. The van der Waals surface area contributed by atoms with E-state index in [1.54, 1.807) is 12.3 Å². The lowest BCUT2D eigenvalue weighted by atomic mass is 9.86. The second kappa shape index (κ2) is 7.51. The molecule has 5 rings (SSSR count). The van der Waals surface area contributed by atoms with E-state index in [4.69, 9.17) is 5.73 Å². The number of rotatable bonds is 4. The van der Waals surface area contributed by atoms with Gasteiger partial charge in [-0.05, 0) is 48.9 Å². The van der Waals surface area contributed by atoms with E-state index in [1.807, 2.05) is 24.3 Å². The number of fused-ring (bicyclic) bond motifs is 1. The molecule has 8 nitrogen and oxygen atoms in total. The number of amidine groups is 1. The Morgan fingerprint density at radius 1 is 1.17 bits per heavy atom. The van der Waals surface area contributed by atoms with Crippen molar-refractivity contribution in [1.82, 2.24) is 19.7 Å². The molecule has 154 valence electrons. The highest BCUT2D eigenvalue weighted by molar-refractivity contribution is 5.86. The Balaban J connectivity index is 1.35. The average molecular weight is 403 g/mol. The molecule has 8 heteroatoms. The molecule has 2 aromatic heterocycles. The third kappa shape index (κ3) is 3.65. The van der Waals surface area contributed by atoms with Gasteiger partial charge >= 0.3 is 0 Å². The molecule has 30 heavy (non-hydrogen) atoms. The molecule has 0 radical (unpaired) electrons. The highest BCUT2D eigenvalue weighted by Gasteiger charge is 2.40. The normalized spacial score (nSPS) is 18.5. The third-order valence-corrected chi connectivity index (χ3v) is 6.35. The molecule has 2 N–H and O–H groups in total. The van der Waals surface area contributed by atoms with Gasteiger partial charge in [0.1, 0.15) is 24.5 Å². The van der Waals surface area contributed by atoms with Gasteiger partial charge in [-0.25, -0.2) is 19.6 Å². The van der Waals surface area contributed by atoms with Crippen LogP contribution >= 0.6 is 0 Å². The van der Waals surface area contributed by atoms with Crippen LogP contribution < -0.4 is 16.2 Å². The Morgan fingerprint density at radius 3 is 2.90 bits per heavy atom. The first-order valence-corrected chi connectivity index (χ1v) is 10.5. The van der Waals surface area contributed by atoms with Gasteiger partial charge in [-0.3, -0.25) is 4.79 Å². The minimum Gasteiger partial charge on any atom is -0.386 e. The number of anilines is 1. The van der Waals surface area contributed by atoms with Gasteiger partial charge in [0.2, 0.25) is 0 Å². The summed E-state index contributed by atoms with van der Waals surface area (Å²) in [5, 5.41) is 5.53. The van der Waals surface area contributed by atoms with E-state index in [2.05, 4.69) is 25.0 Å². The van der Waals surface area contributed by atoms with E-state index in [1.165, 1.54) is 43.1 Å². The maximum Gasteiger partial charge on any atom is 0.267 e. The predicted molar refractivity (Wildman–Crippen MR) is 117 cm³/mol. The van der Waals surface area contributed by atoms with E-state index in [9.17, 15) is 4.79 Å². The van der Waals surface area contributed by atoms with Crippen LogP contribution in [0.15, 0.2) is 52.6 Å². The van der Waals surface area contributed by atoms with Gasteiger partial charge in [-0.15, -0.1) is 0 Å². The number of aromatic nitrogens is 4. The van der Waals surface area contributed by atoms with Gasteiger partial charge in [0.25, 0.3) is 5.56 Å². The zero-order valence-electron chi connectivity index (χ0n) is 16.9. The van der Waals surface area contributed by atoms with Crippen molar-refractivity contribution >= 4 is 28.2 Å². The molecule has 1 saturated heterocycles. The first kappa shape index (κ1) is 18.7. The fourth-order valence-corrected chi connectivity index (χ4v) is 4.77. The molecular formula is C22H25N7O. The van der Waals surface area contributed by atoms with E-state index >= 15 is 0 Å². The molecule has 0 amide bonds. The van der Waals surface area contributed by atoms with E-state index in [-0.39, 0.29) is 12.1 Å². The van der Waals surface area contributed by atoms with Crippen molar-refractivity contribution in [2.75, 3.05) is 18.0 Å². The molecule has 0 atom stereocenters. The molecule has 0 unspecified atom stereocenters. The van der Waals surface area contributed by atoms with Gasteiger partial charge in [-0.2, -0.15) is 5.10 Å². The van der Waals surface area contributed by atoms with E-state index < -0.39 is 0 Å². The number of hydrogen-bond donors (Lipinski definition) is 1. The van der Waals surface area contributed by atoms with Gasteiger partial charge < -0.3 is 10.6 Å². The molecule has 1 aliphatic carbocycles. The fraction of sp³-hybridized carbons (Fsp3) is 0.409. The fourth-order valence-electron chi connectivity index (χ4n) is 4.77. The lowest BCUT2D eigenvalue weighted by Gasteiger charge is -2.24. The first-order valence-electron chi connectivity index (χ1n) is 10.5. The van der Waals surface area contributed by atoms with Crippen molar-refractivity contribution in [2.45, 2.75) is 38.6 Å². The van der Waals surface area contributed by atoms with Crippen LogP contribution in [-0.2, 0) is 6.54 Å². The lowest BCUT2D eigenvalue weighted by Crippen LogP contribution is -2.32. The molecule has 2 aliphatic rings. The van der Waals surface area contributed by atoms with Crippen LogP contribution in [0.1, 0.15) is 32.1 Å². The third-order valence-electron chi connectivity index (χ3n) is 6.35. The number of nitrogens with two attached hydrogens (primary N) is 1. The number of benzene rings is 1. The van der Waals surface area contributed by atoms with Crippen LogP contribution in [0.4, 0.5) is 11.5 Å². The molecule has 2 fully saturated rings. The van der Waals surface area contributed by atoms with E-state index in [0.29, 0.717) is 16.9 Å². The quantitative estimate of drug-likeness (QED) is 0.531. The molecule has 3 heterocycles. The molecule has 0 bridgehead atoms. The smallest absolute Gasteiger partial charge is 0.267 e. The monoisotopic (exact) mass is 403 g/mol. The predicted octanol–water partition coefficient (Wildman–Crippen LogP) is 2.65. The first-order chi connectivity index (χ1) is 14.6. The minimum atomic E-state index is -0.182. The molecule has 1 aromatic carbocycles. The van der Waals surface area contributed by atoms with Crippen LogP contribution in [0, 0.1) is 5.41 Å². The van der Waals surface area contributed by atoms with Crippen LogP contribution in [0.3, 0.4) is 0 Å². The Bertz CT molecular complexity index is 1160. The Hall–Kier alpha value is -3.29. The zero-order chi connectivity index (χ0) is 20.6. The summed E-state index contributed by atoms with van der Waals surface area (Å²) in [5.41, 5.74) is 7.90. The van der Waals surface area contributed by atoms with Crippen molar-refractivity contribution < 1.29 is 0 Å². The SMILES string of the molecule is NC(Cn1nc(N2CCC3(CCCC3)C2)ccc1=O)=Nc1ccc2cncnc2c1. The zero-order valence-corrected chi connectivity index (χ0v) is 16.9. The molecule has 1 saturated carbocycles. The average Bonchev–Trinajstić information content (AvgIpc) is 3.39. The summed E-state index contributed by atoms with van der Waals surface area (Å²) in [6, 6.07) is 9.00. The standard InChI is InChI=1S/C22H25N7O/c23-19(26-17-4-3-16-12-24-15-25-18(16)11-17)13-29-21(30)6-5-20(27-29)28-10-9-22(14-28)7-1-2-8-22/h3-6,11-12,15H,1-2,7-10,13-14H2,(H2,23,26). The summed E-state index contributed by atoms with van der Waals surface area (Å²) in [7, 11) is 0. The molecule has 1 spiro atoms. The number of nitrogens with zero attached hydrogens (tertiary/aromatic N) is 6. The summed E-state index contributed by atoms with van der Waals surface area (Å²) >= 11 is 0. The van der Waals surface area contributed by atoms with Crippen LogP contribution in [0.25, 0.3) is 10.9 Å². The Labute approximate surface area is 174 Å². The molecular weight excluding hydrogens is 378 g/mol. The summed E-state index contributed by atoms with van der Waals surface area (Å²) in [6.07, 6.45) is 9.73. The lowest BCUT2D eigenvalue weighted by molar-refractivity contribution is 0.340. The second-order valence-corrected chi connectivity index (χ2v) is 8.44. The topological polar surface area (TPSA) is 102 Å². The summed E-state index contributed by atoms with van der Waals surface area (Å²) < 4.78 is 1.40. The van der Waals surface area contributed by atoms with Crippen LogP contribution in [-0.4, -0.2) is 38.7 Å². The van der Waals surface area contributed by atoms with Gasteiger partial charge in [0, 0.05) is 30.7 Å². The summed E-state index contributed by atoms with van der Waals surface area (Å²) in [4.78, 5) is 27.4. The number of aliphatic imine (C=N–C) groups is 1. The van der Waals surface area contributed by atoms with Gasteiger partial charge in [0.05, 0.1) is 11.2 Å². The van der Waals surface area contributed by atoms with Crippen molar-refractivity contribution in [3.05, 3.63) is 53.2 Å². The highest BCUT2D eigenvalue weighted by atomic mass is 16.1. The molecule has 1 aliphatic heterocycles. The van der Waals surface area contributed by atoms with Crippen LogP contribution in [0.2, 0.25) is 0 Å². The number of hydrogen-bond acceptors (Lipinski definition) is 6. The van der Waals surface area contributed by atoms with Crippen molar-refractivity contribution in [3.63, 3.8) is 0 Å². The Morgan fingerprint density at radius 2 is 2.03 bits per heavy atom. The second-order valence-electron chi connectivity index (χ2n) is 8.44. The van der Waals surface area contributed by atoms with Crippen LogP contribution in [0.5, 0.6) is 0 Å². The van der Waals surface area contributed by atoms with Gasteiger partial charge in [-0.1, -0.05) is 12.8 Å². The van der Waals surface area contributed by atoms with Crippen molar-refractivity contribution in [2.24, 2.45) is 16.1 Å². The maximum atomic E-state index is 12.4.